The van der Waals surface area contributed by atoms with Crippen molar-refractivity contribution in [2.45, 2.75) is 53.1 Å². The lowest BCUT2D eigenvalue weighted by Gasteiger charge is -2.27. The summed E-state index contributed by atoms with van der Waals surface area (Å²) in [6, 6.07) is 11.8. The van der Waals surface area contributed by atoms with E-state index in [1.165, 1.54) is 11.3 Å². The monoisotopic (exact) mass is 365 g/mol. The molecular formula is C21H27N5O. The van der Waals surface area contributed by atoms with Crippen LogP contribution in [0.3, 0.4) is 0 Å². The van der Waals surface area contributed by atoms with Gasteiger partial charge in [0.15, 0.2) is 0 Å². The fourth-order valence-electron chi connectivity index (χ4n) is 3.91. The van der Waals surface area contributed by atoms with Crippen LogP contribution < -0.4 is 0 Å². The number of benzene rings is 1. The molecule has 142 valence electrons. The van der Waals surface area contributed by atoms with Gasteiger partial charge >= 0.3 is 0 Å². The van der Waals surface area contributed by atoms with E-state index in [1.807, 2.05) is 41.1 Å². The molecule has 0 spiro atoms. The highest BCUT2D eigenvalue weighted by atomic mass is 16.3. The van der Waals surface area contributed by atoms with Crippen LogP contribution in [-0.4, -0.2) is 36.1 Å². The van der Waals surface area contributed by atoms with Gasteiger partial charge < -0.3 is 5.11 Å². The van der Waals surface area contributed by atoms with E-state index in [1.54, 1.807) is 0 Å². The topological polar surface area (TPSA) is 59.1 Å². The lowest BCUT2D eigenvalue weighted by Crippen LogP contribution is -2.33. The van der Waals surface area contributed by atoms with Gasteiger partial charge in [-0.25, -0.2) is 0 Å². The summed E-state index contributed by atoms with van der Waals surface area (Å²) in [6.45, 7) is 10.8. The number of nitrogens with zero attached hydrogens (tertiary/aromatic N) is 5. The molecule has 2 aromatic heterocycles. The minimum Gasteiger partial charge on any atom is -0.382 e. The molecule has 0 fully saturated rings. The van der Waals surface area contributed by atoms with Crippen molar-refractivity contribution in [2.75, 3.05) is 6.54 Å². The van der Waals surface area contributed by atoms with Crippen LogP contribution in [-0.2, 0) is 26.2 Å². The van der Waals surface area contributed by atoms with Gasteiger partial charge in [-0.15, -0.1) is 0 Å². The molecule has 0 saturated carbocycles. The number of rotatable bonds is 5. The largest absolute Gasteiger partial charge is 0.382 e. The average Bonchev–Trinajstić information content (AvgIpc) is 3.23. The fourth-order valence-corrected chi connectivity index (χ4v) is 3.91. The van der Waals surface area contributed by atoms with Crippen LogP contribution in [0.5, 0.6) is 0 Å². The molecular weight excluding hydrogens is 338 g/mol. The number of aromatic nitrogens is 4. The summed E-state index contributed by atoms with van der Waals surface area (Å²) in [4.78, 5) is 2.44. The summed E-state index contributed by atoms with van der Waals surface area (Å²) in [5.41, 5.74) is 6.47. The number of fused-ring (bicyclic) bond motifs is 1. The molecule has 0 unspecified atom stereocenters. The Morgan fingerprint density at radius 3 is 2.59 bits per heavy atom. The molecule has 0 saturated heterocycles. The van der Waals surface area contributed by atoms with E-state index in [0.717, 1.165) is 55.4 Å². The first-order valence-electron chi connectivity index (χ1n) is 9.61. The van der Waals surface area contributed by atoms with Crippen LogP contribution in [0.1, 0.15) is 46.9 Å². The highest BCUT2D eigenvalue weighted by Crippen LogP contribution is 2.25. The van der Waals surface area contributed by atoms with E-state index in [2.05, 4.69) is 40.6 Å². The van der Waals surface area contributed by atoms with Crippen LogP contribution in [0.25, 0.3) is 0 Å². The first-order valence-corrected chi connectivity index (χ1v) is 9.61. The molecule has 1 atom stereocenters. The molecule has 0 radical (unpaired) electrons. The van der Waals surface area contributed by atoms with Crippen LogP contribution >= 0.6 is 0 Å². The van der Waals surface area contributed by atoms with Gasteiger partial charge in [-0.2, -0.15) is 10.2 Å². The Morgan fingerprint density at radius 2 is 1.89 bits per heavy atom. The second kappa shape index (κ2) is 7.29. The quantitative estimate of drug-likeness (QED) is 0.755. The van der Waals surface area contributed by atoms with Crippen molar-refractivity contribution in [2.24, 2.45) is 0 Å². The zero-order valence-corrected chi connectivity index (χ0v) is 16.3. The molecule has 27 heavy (non-hydrogen) atoms. The van der Waals surface area contributed by atoms with Gasteiger partial charge in [-0.3, -0.25) is 14.3 Å². The van der Waals surface area contributed by atoms with Gasteiger partial charge in [0.1, 0.15) is 6.10 Å². The fraction of sp³-hybridized carbons (Fsp3) is 0.429. The number of hydrogen-bond donors (Lipinski definition) is 1. The highest BCUT2D eigenvalue weighted by Gasteiger charge is 2.23. The van der Waals surface area contributed by atoms with Gasteiger partial charge in [-0.1, -0.05) is 30.3 Å². The molecule has 0 aliphatic carbocycles. The molecule has 0 bridgehead atoms. The number of aliphatic hydroxyl groups is 1. The first-order chi connectivity index (χ1) is 13.1. The number of aryl methyl sites for hydroxylation is 2. The van der Waals surface area contributed by atoms with Gasteiger partial charge in [0.05, 0.1) is 23.6 Å². The predicted octanol–water partition coefficient (Wildman–Crippen LogP) is 2.81. The predicted molar refractivity (Wildman–Crippen MR) is 104 cm³/mol. The SMILES string of the molecule is CCn1nc(C)c(CN2CCn3nc([C@@H](O)c4ccccc4)cc3C2)c1C. The lowest BCUT2D eigenvalue weighted by molar-refractivity contribution is 0.200. The Bertz CT molecular complexity index is 928. The Morgan fingerprint density at radius 1 is 1.11 bits per heavy atom. The lowest BCUT2D eigenvalue weighted by atomic mass is 10.1. The molecule has 6 heteroatoms. The van der Waals surface area contributed by atoms with E-state index in [-0.39, 0.29) is 0 Å². The van der Waals surface area contributed by atoms with Crippen LogP contribution in [0.4, 0.5) is 0 Å². The van der Waals surface area contributed by atoms with E-state index in [4.69, 9.17) is 0 Å². The van der Waals surface area contributed by atoms with Gasteiger partial charge in [0.25, 0.3) is 0 Å². The van der Waals surface area contributed by atoms with E-state index >= 15 is 0 Å². The summed E-state index contributed by atoms with van der Waals surface area (Å²) < 4.78 is 4.11. The summed E-state index contributed by atoms with van der Waals surface area (Å²) >= 11 is 0. The Hall–Kier alpha value is -2.44. The zero-order valence-electron chi connectivity index (χ0n) is 16.3. The van der Waals surface area contributed by atoms with Crippen molar-refractivity contribution in [1.82, 2.24) is 24.5 Å². The molecule has 1 aromatic carbocycles. The normalized spacial score (nSPS) is 15.7. The Kier molecular flexibility index (Phi) is 4.85. The molecule has 3 heterocycles. The number of aliphatic hydroxyl groups excluding tert-OH is 1. The molecule has 1 N–H and O–H groups in total. The molecule has 1 aliphatic heterocycles. The van der Waals surface area contributed by atoms with Crippen LogP contribution in [0.15, 0.2) is 36.4 Å². The Balaban J connectivity index is 1.51. The van der Waals surface area contributed by atoms with Crippen molar-refractivity contribution in [1.29, 1.82) is 0 Å². The minimum absolute atomic E-state index is 0.676. The summed E-state index contributed by atoms with van der Waals surface area (Å²) in [7, 11) is 0. The molecule has 1 aliphatic rings. The van der Waals surface area contributed by atoms with Crippen LogP contribution in [0, 0.1) is 13.8 Å². The average molecular weight is 365 g/mol. The van der Waals surface area contributed by atoms with Crippen LogP contribution in [0.2, 0.25) is 0 Å². The first kappa shape index (κ1) is 17.9. The van der Waals surface area contributed by atoms with Crippen molar-refractivity contribution < 1.29 is 5.11 Å². The highest BCUT2D eigenvalue weighted by molar-refractivity contribution is 5.28. The molecule has 6 nitrogen and oxygen atoms in total. The summed E-state index contributed by atoms with van der Waals surface area (Å²) in [5.74, 6) is 0. The third-order valence-corrected chi connectivity index (χ3v) is 5.50. The van der Waals surface area contributed by atoms with Crippen molar-refractivity contribution in [3.8, 4) is 0 Å². The maximum absolute atomic E-state index is 10.6. The summed E-state index contributed by atoms with van der Waals surface area (Å²) in [5, 5.41) is 19.9. The molecule has 0 amide bonds. The minimum atomic E-state index is -0.676. The summed E-state index contributed by atoms with van der Waals surface area (Å²) in [6.07, 6.45) is -0.676. The van der Waals surface area contributed by atoms with E-state index in [0.29, 0.717) is 0 Å². The third kappa shape index (κ3) is 3.42. The maximum atomic E-state index is 10.6. The van der Waals surface area contributed by atoms with E-state index in [9.17, 15) is 5.11 Å². The van der Waals surface area contributed by atoms with Crippen molar-refractivity contribution >= 4 is 0 Å². The van der Waals surface area contributed by atoms with Crippen molar-refractivity contribution in [3.05, 3.63) is 70.3 Å². The second-order valence-corrected chi connectivity index (χ2v) is 7.27. The van der Waals surface area contributed by atoms with Gasteiger partial charge in [-0.05, 0) is 32.4 Å². The smallest absolute Gasteiger partial charge is 0.123 e. The number of hydrogen-bond acceptors (Lipinski definition) is 4. The molecule has 3 aromatic rings. The van der Waals surface area contributed by atoms with Gasteiger partial charge in [0.2, 0.25) is 0 Å². The van der Waals surface area contributed by atoms with E-state index < -0.39 is 6.10 Å². The third-order valence-electron chi connectivity index (χ3n) is 5.50. The zero-order chi connectivity index (χ0) is 19.0. The molecule has 4 rings (SSSR count). The maximum Gasteiger partial charge on any atom is 0.123 e. The second-order valence-electron chi connectivity index (χ2n) is 7.27. The van der Waals surface area contributed by atoms with Crippen molar-refractivity contribution in [3.63, 3.8) is 0 Å². The standard InChI is InChI=1S/C21H27N5O/c1-4-25-16(3)19(15(2)22-25)14-24-10-11-26-18(13-24)12-20(23-26)21(27)17-8-6-5-7-9-17/h5-9,12,21,27H,4,10-11,13-14H2,1-3H3/t21-/m0/s1. The van der Waals surface area contributed by atoms with Gasteiger partial charge in [0, 0.05) is 37.4 Å². The Labute approximate surface area is 160 Å².